The molecule has 0 saturated heterocycles. The normalized spacial score (nSPS) is 23.1. The molecule has 2 N–H and O–H groups in total. The summed E-state index contributed by atoms with van der Waals surface area (Å²) in [6.45, 7) is 9.61. The first-order valence-corrected chi connectivity index (χ1v) is 7.28. The lowest BCUT2D eigenvalue weighted by Crippen LogP contribution is -2.28. The molecule has 1 saturated carbocycles. The second-order valence-corrected chi connectivity index (χ2v) is 6.42. The molecule has 18 heavy (non-hydrogen) atoms. The van der Waals surface area contributed by atoms with Crippen LogP contribution in [0.15, 0.2) is 0 Å². The fraction of sp³-hybridized carbons (Fsp3) is 0.786. The van der Waals surface area contributed by atoms with Crippen LogP contribution in [0.3, 0.4) is 0 Å². The van der Waals surface area contributed by atoms with Gasteiger partial charge in [0.25, 0.3) is 0 Å². The predicted octanol–water partition coefficient (Wildman–Crippen LogP) is 3.03. The van der Waals surface area contributed by atoms with E-state index < -0.39 is 0 Å². The molecular weight excluding hydrogens is 246 g/mol. The number of nitrogens with two attached hydrogens (primary N) is 1. The molecule has 0 spiro atoms. The fourth-order valence-electron chi connectivity index (χ4n) is 2.82. The van der Waals surface area contributed by atoms with Crippen LogP contribution in [0.25, 0.3) is 0 Å². The molecule has 0 aromatic carbocycles. The molecule has 0 amide bonds. The van der Waals surface area contributed by atoms with Gasteiger partial charge in [0.05, 0.1) is 16.4 Å². The van der Waals surface area contributed by atoms with Crippen molar-refractivity contribution in [2.45, 2.75) is 59.5 Å². The number of hydrogen-bond acceptors (Lipinski definition) is 2. The zero-order valence-electron chi connectivity index (χ0n) is 11.8. The highest BCUT2D eigenvalue weighted by molar-refractivity contribution is 6.31. The van der Waals surface area contributed by atoms with E-state index >= 15 is 0 Å². The topological polar surface area (TPSA) is 43.8 Å². The fourth-order valence-corrected chi connectivity index (χ4v) is 3.16. The lowest BCUT2D eigenvalue weighted by Gasteiger charge is -2.14. The first kappa shape index (κ1) is 13.9. The Morgan fingerprint density at radius 2 is 2.11 bits per heavy atom. The van der Waals surface area contributed by atoms with Crippen LogP contribution in [0.2, 0.25) is 5.02 Å². The quantitative estimate of drug-likeness (QED) is 0.893. The van der Waals surface area contributed by atoms with Crippen molar-refractivity contribution in [2.75, 3.05) is 0 Å². The number of aromatic nitrogens is 2. The zero-order chi connectivity index (χ0) is 13.5. The van der Waals surface area contributed by atoms with E-state index in [2.05, 4.69) is 32.8 Å². The van der Waals surface area contributed by atoms with Crippen LogP contribution >= 0.6 is 11.6 Å². The van der Waals surface area contributed by atoms with E-state index in [-0.39, 0.29) is 6.04 Å². The minimum absolute atomic E-state index is 0.198. The van der Waals surface area contributed by atoms with Crippen LogP contribution in [0.5, 0.6) is 0 Å². The lowest BCUT2D eigenvalue weighted by atomic mass is 10.0. The number of halogens is 1. The molecule has 0 aliphatic heterocycles. The number of rotatable bonds is 5. The van der Waals surface area contributed by atoms with Gasteiger partial charge in [0.1, 0.15) is 0 Å². The molecule has 2 unspecified atom stereocenters. The molecule has 102 valence electrons. The van der Waals surface area contributed by atoms with Crippen LogP contribution in [0.4, 0.5) is 0 Å². The molecule has 3 nitrogen and oxygen atoms in total. The Labute approximate surface area is 115 Å². The summed E-state index contributed by atoms with van der Waals surface area (Å²) < 4.78 is 2.01. The minimum atomic E-state index is 0.198. The summed E-state index contributed by atoms with van der Waals surface area (Å²) in [7, 11) is 0. The molecule has 4 heteroatoms. The van der Waals surface area contributed by atoms with Gasteiger partial charge in [-0.15, -0.1) is 0 Å². The maximum atomic E-state index is 6.41. The van der Waals surface area contributed by atoms with Crippen molar-refractivity contribution in [1.82, 2.24) is 9.78 Å². The Morgan fingerprint density at radius 1 is 1.50 bits per heavy atom. The van der Waals surface area contributed by atoms with Gasteiger partial charge in [-0.05, 0) is 31.1 Å². The van der Waals surface area contributed by atoms with E-state index in [0.717, 1.165) is 35.8 Å². The first-order chi connectivity index (χ1) is 8.40. The second kappa shape index (κ2) is 4.86. The Kier molecular flexibility index (Phi) is 3.75. The summed E-state index contributed by atoms with van der Waals surface area (Å²) in [5, 5.41) is 5.37. The highest BCUT2D eigenvalue weighted by Gasteiger charge is 2.49. The van der Waals surface area contributed by atoms with Crippen molar-refractivity contribution >= 4 is 11.6 Å². The third kappa shape index (κ3) is 2.43. The Hall–Kier alpha value is -0.540. The van der Waals surface area contributed by atoms with Gasteiger partial charge in [-0.25, -0.2) is 0 Å². The maximum Gasteiger partial charge on any atom is 0.0850 e. The van der Waals surface area contributed by atoms with Gasteiger partial charge in [-0.2, -0.15) is 5.10 Å². The summed E-state index contributed by atoms with van der Waals surface area (Å²) in [5.41, 5.74) is 8.86. The highest BCUT2D eigenvalue weighted by atomic mass is 35.5. The molecule has 1 fully saturated rings. The van der Waals surface area contributed by atoms with Gasteiger partial charge in [-0.1, -0.05) is 32.4 Å². The SMILES string of the molecule is CCc1nn(CC)c(CC(N)C2CC2(C)C)c1Cl. The van der Waals surface area contributed by atoms with Crippen molar-refractivity contribution < 1.29 is 0 Å². The van der Waals surface area contributed by atoms with Crippen LogP contribution in [-0.2, 0) is 19.4 Å². The van der Waals surface area contributed by atoms with Crippen molar-refractivity contribution in [3.63, 3.8) is 0 Å². The monoisotopic (exact) mass is 269 g/mol. The Bertz CT molecular complexity index is 436. The summed E-state index contributed by atoms with van der Waals surface area (Å²) in [4.78, 5) is 0. The Morgan fingerprint density at radius 3 is 2.56 bits per heavy atom. The summed E-state index contributed by atoms with van der Waals surface area (Å²) in [5.74, 6) is 0.624. The lowest BCUT2D eigenvalue weighted by molar-refractivity contribution is 0.463. The summed E-state index contributed by atoms with van der Waals surface area (Å²) in [6.07, 6.45) is 2.95. The number of nitrogens with zero attached hydrogens (tertiary/aromatic N) is 2. The average molecular weight is 270 g/mol. The number of hydrogen-bond donors (Lipinski definition) is 1. The molecule has 1 aromatic rings. The zero-order valence-corrected chi connectivity index (χ0v) is 12.6. The Balaban J connectivity index is 2.15. The summed E-state index contributed by atoms with van der Waals surface area (Å²) in [6, 6.07) is 0.198. The standard InChI is InChI=1S/C14H24ClN3/c1-5-11-13(15)12(18(6-2)17-11)7-10(16)9-8-14(9,3)4/h9-10H,5-8,16H2,1-4H3. The molecule has 0 radical (unpaired) electrons. The molecule has 2 atom stereocenters. The molecule has 2 rings (SSSR count). The predicted molar refractivity (Wildman–Crippen MR) is 75.9 cm³/mol. The second-order valence-electron chi connectivity index (χ2n) is 6.04. The van der Waals surface area contributed by atoms with E-state index in [1.807, 2.05) is 4.68 Å². The van der Waals surface area contributed by atoms with Gasteiger partial charge in [-0.3, -0.25) is 4.68 Å². The van der Waals surface area contributed by atoms with E-state index in [1.54, 1.807) is 0 Å². The van der Waals surface area contributed by atoms with Crippen LogP contribution in [0, 0.1) is 11.3 Å². The van der Waals surface area contributed by atoms with E-state index in [4.69, 9.17) is 17.3 Å². The van der Waals surface area contributed by atoms with Crippen molar-refractivity contribution in [3.8, 4) is 0 Å². The third-order valence-corrected chi connectivity index (χ3v) is 4.67. The van der Waals surface area contributed by atoms with Crippen molar-refractivity contribution in [3.05, 3.63) is 16.4 Å². The number of aryl methyl sites for hydroxylation is 2. The largest absolute Gasteiger partial charge is 0.327 e. The molecule has 1 aliphatic rings. The van der Waals surface area contributed by atoms with Crippen molar-refractivity contribution in [1.29, 1.82) is 0 Å². The molecule has 1 aromatic heterocycles. The molecular formula is C14H24ClN3. The highest BCUT2D eigenvalue weighted by Crippen LogP contribution is 2.53. The van der Waals surface area contributed by atoms with Gasteiger partial charge >= 0.3 is 0 Å². The molecule has 1 heterocycles. The summed E-state index contributed by atoms with van der Waals surface area (Å²) >= 11 is 6.41. The molecule has 0 bridgehead atoms. The van der Waals surface area contributed by atoms with E-state index in [9.17, 15) is 0 Å². The van der Waals surface area contributed by atoms with Crippen LogP contribution in [0.1, 0.15) is 45.5 Å². The third-order valence-electron chi connectivity index (χ3n) is 4.23. The smallest absolute Gasteiger partial charge is 0.0850 e. The van der Waals surface area contributed by atoms with Gasteiger partial charge < -0.3 is 5.73 Å². The average Bonchev–Trinajstić information content (AvgIpc) is 2.86. The van der Waals surface area contributed by atoms with Gasteiger partial charge in [0.15, 0.2) is 0 Å². The molecule has 1 aliphatic carbocycles. The van der Waals surface area contributed by atoms with Gasteiger partial charge in [0.2, 0.25) is 0 Å². The van der Waals surface area contributed by atoms with Crippen LogP contribution in [-0.4, -0.2) is 15.8 Å². The minimum Gasteiger partial charge on any atom is -0.327 e. The van der Waals surface area contributed by atoms with Crippen molar-refractivity contribution in [2.24, 2.45) is 17.1 Å². The van der Waals surface area contributed by atoms with E-state index in [1.165, 1.54) is 6.42 Å². The van der Waals surface area contributed by atoms with E-state index in [0.29, 0.717) is 11.3 Å². The van der Waals surface area contributed by atoms with Crippen LogP contribution < -0.4 is 5.73 Å². The maximum absolute atomic E-state index is 6.41. The van der Waals surface area contributed by atoms with Gasteiger partial charge in [0, 0.05) is 19.0 Å². The first-order valence-electron chi connectivity index (χ1n) is 6.90.